The lowest BCUT2D eigenvalue weighted by Crippen LogP contribution is -2.45. The number of ether oxygens (including phenoxy) is 1. The Morgan fingerprint density at radius 3 is 2.89 bits per heavy atom. The minimum atomic E-state index is -0.117. The van der Waals surface area contributed by atoms with E-state index < -0.39 is 0 Å². The molecule has 5 rings (SSSR count). The van der Waals surface area contributed by atoms with E-state index in [2.05, 4.69) is 38.8 Å². The lowest BCUT2D eigenvalue weighted by molar-refractivity contribution is -0.125. The summed E-state index contributed by atoms with van der Waals surface area (Å²) in [7, 11) is 0. The lowest BCUT2D eigenvalue weighted by atomic mass is 10.0. The lowest BCUT2D eigenvalue weighted by Gasteiger charge is -2.32. The molecule has 0 atom stereocenters. The number of fused-ring (bicyclic) bond motifs is 1. The number of rotatable bonds is 7. The Morgan fingerprint density at radius 2 is 2.11 bits per heavy atom. The maximum absolute atomic E-state index is 12.7. The minimum absolute atomic E-state index is 0.00887. The molecule has 0 unspecified atom stereocenters. The van der Waals surface area contributed by atoms with Gasteiger partial charge in [0.05, 0.1) is 19.8 Å². The Labute approximate surface area is 209 Å². The molecule has 0 spiro atoms. The molecule has 184 valence electrons. The number of amides is 3. The molecule has 35 heavy (non-hydrogen) atoms. The SMILES string of the molecule is O=C(C=Cc1cnc2c(c1)CN(CCN1CCOCC1)C(=O)N2)N1CC=C(Cc2cccs2)CC1. The number of anilines is 1. The number of hydrogen-bond acceptors (Lipinski definition) is 6. The van der Waals surface area contributed by atoms with Crippen LogP contribution < -0.4 is 5.32 Å². The van der Waals surface area contributed by atoms with Crippen molar-refractivity contribution in [1.82, 2.24) is 19.7 Å². The number of morpholine rings is 1. The number of pyridine rings is 1. The molecular formula is C26H31N5O3S. The Morgan fingerprint density at radius 1 is 1.23 bits per heavy atom. The average Bonchev–Trinajstić information content (AvgIpc) is 3.40. The minimum Gasteiger partial charge on any atom is -0.379 e. The van der Waals surface area contributed by atoms with Crippen molar-refractivity contribution < 1.29 is 14.3 Å². The second kappa shape index (κ2) is 11.2. The van der Waals surface area contributed by atoms with E-state index in [4.69, 9.17) is 4.74 Å². The Hall–Kier alpha value is -3.01. The Balaban J connectivity index is 1.15. The number of hydrogen-bond donors (Lipinski definition) is 1. The topological polar surface area (TPSA) is 78.0 Å². The van der Waals surface area contributed by atoms with E-state index in [-0.39, 0.29) is 11.9 Å². The zero-order chi connectivity index (χ0) is 24.0. The van der Waals surface area contributed by atoms with Gasteiger partial charge in [-0.25, -0.2) is 9.78 Å². The van der Waals surface area contributed by atoms with E-state index >= 15 is 0 Å². The maximum atomic E-state index is 12.7. The third kappa shape index (κ3) is 6.17. The molecule has 8 nitrogen and oxygen atoms in total. The van der Waals surface area contributed by atoms with Gasteiger partial charge in [0.1, 0.15) is 5.82 Å². The van der Waals surface area contributed by atoms with Crippen molar-refractivity contribution in [2.75, 3.05) is 57.8 Å². The van der Waals surface area contributed by atoms with Gasteiger partial charge in [0.15, 0.2) is 0 Å². The second-order valence-electron chi connectivity index (χ2n) is 9.07. The van der Waals surface area contributed by atoms with Crippen LogP contribution in [0.3, 0.4) is 0 Å². The van der Waals surface area contributed by atoms with E-state index in [0.717, 1.165) is 63.4 Å². The van der Waals surface area contributed by atoms with Crippen LogP contribution >= 0.6 is 11.3 Å². The summed E-state index contributed by atoms with van der Waals surface area (Å²) in [6.07, 6.45) is 9.22. The van der Waals surface area contributed by atoms with Crippen molar-refractivity contribution in [2.24, 2.45) is 0 Å². The normalized spacial score (nSPS) is 19.0. The van der Waals surface area contributed by atoms with Crippen LogP contribution in [0.25, 0.3) is 6.08 Å². The smallest absolute Gasteiger partial charge is 0.323 e. The summed E-state index contributed by atoms with van der Waals surface area (Å²) in [4.78, 5) is 37.0. The number of thiophene rings is 1. The van der Waals surface area contributed by atoms with Crippen LogP contribution in [0.1, 0.15) is 22.4 Å². The number of carbonyl (C=O) groups is 2. The fourth-order valence-electron chi connectivity index (χ4n) is 4.56. The van der Waals surface area contributed by atoms with Crippen LogP contribution in [0.5, 0.6) is 0 Å². The highest BCUT2D eigenvalue weighted by Crippen LogP contribution is 2.23. The maximum Gasteiger partial charge on any atom is 0.323 e. The van der Waals surface area contributed by atoms with Crippen LogP contribution in [0.15, 0.2) is 47.5 Å². The summed E-state index contributed by atoms with van der Waals surface area (Å²) in [5.41, 5.74) is 3.22. The number of aromatic nitrogens is 1. The molecule has 5 heterocycles. The highest BCUT2D eigenvalue weighted by atomic mass is 32.1. The van der Waals surface area contributed by atoms with Gasteiger partial charge in [0, 0.05) is 68.4 Å². The van der Waals surface area contributed by atoms with Crippen LogP contribution in [0.2, 0.25) is 0 Å². The van der Waals surface area contributed by atoms with Crippen molar-refractivity contribution in [2.45, 2.75) is 19.4 Å². The van der Waals surface area contributed by atoms with Crippen LogP contribution in [-0.4, -0.2) is 84.1 Å². The Kier molecular flexibility index (Phi) is 7.56. The summed E-state index contributed by atoms with van der Waals surface area (Å²) in [5, 5.41) is 4.99. The highest BCUT2D eigenvalue weighted by Gasteiger charge is 2.24. The molecule has 0 aromatic carbocycles. The van der Waals surface area contributed by atoms with Crippen LogP contribution in [0.4, 0.5) is 10.6 Å². The molecular weight excluding hydrogens is 462 g/mol. The predicted octanol–water partition coefficient (Wildman–Crippen LogP) is 3.24. The van der Waals surface area contributed by atoms with Gasteiger partial charge in [-0.1, -0.05) is 17.7 Å². The van der Waals surface area contributed by atoms with Gasteiger partial charge in [0.25, 0.3) is 0 Å². The molecule has 0 aliphatic carbocycles. The number of urea groups is 1. The molecule has 0 saturated carbocycles. The molecule has 0 bridgehead atoms. The molecule has 1 fully saturated rings. The second-order valence-corrected chi connectivity index (χ2v) is 10.1. The zero-order valence-electron chi connectivity index (χ0n) is 19.8. The van der Waals surface area contributed by atoms with Gasteiger partial charge in [-0.15, -0.1) is 11.3 Å². The largest absolute Gasteiger partial charge is 0.379 e. The van der Waals surface area contributed by atoms with E-state index in [0.29, 0.717) is 25.5 Å². The first-order chi connectivity index (χ1) is 17.1. The van der Waals surface area contributed by atoms with E-state index in [1.165, 1.54) is 10.5 Å². The molecule has 2 aromatic rings. The van der Waals surface area contributed by atoms with Crippen LogP contribution in [0, 0.1) is 0 Å². The molecule has 0 radical (unpaired) electrons. The fraction of sp³-hybridized carbons (Fsp3) is 0.423. The van der Waals surface area contributed by atoms with Gasteiger partial charge in [-0.2, -0.15) is 0 Å². The molecule has 3 aliphatic rings. The highest BCUT2D eigenvalue weighted by molar-refractivity contribution is 7.09. The molecule has 1 saturated heterocycles. The summed E-state index contributed by atoms with van der Waals surface area (Å²) in [6.45, 7) is 6.68. The van der Waals surface area contributed by atoms with Crippen molar-refractivity contribution in [3.05, 3.63) is 63.5 Å². The standard InChI is InChI=1S/C26H31N5O3S/c32-24(30-7-5-20(6-8-30)17-23-2-1-15-35-23)4-3-21-16-22-19-31(26(33)28-25(22)27-18-21)10-9-29-11-13-34-14-12-29/h1-5,15-16,18H,6-14,17,19H2,(H,27,28,33). The molecule has 3 amide bonds. The Bertz CT molecular complexity index is 1110. The van der Waals surface area contributed by atoms with Crippen molar-refractivity contribution >= 4 is 35.2 Å². The summed E-state index contributed by atoms with van der Waals surface area (Å²) >= 11 is 1.78. The van der Waals surface area contributed by atoms with E-state index in [9.17, 15) is 9.59 Å². The van der Waals surface area contributed by atoms with Crippen LogP contribution in [-0.2, 0) is 22.5 Å². The first-order valence-electron chi connectivity index (χ1n) is 12.2. The predicted molar refractivity (Wildman–Crippen MR) is 137 cm³/mol. The van der Waals surface area contributed by atoms with Gasteiger partial charge in [0.2, 0.25) is 5.91 Å². The van der Waals surface area contributed by atoms with Crippen molar-refractivity contribution in [3.63, 3.8) is 0 Å². The number of carbonyl (C=O) groups excluding carboxylic acids is 2. The first-order valence-corrected chi connectivity index (χ1v) is 13.0. The number of nitrogens with zero attached hydrogens (tertiary/aromatic N) is 4. The number of nitrogens with one attached hydrogen (secondary N) is 1. The van der Waals surface area contributed by atoms with Gasteiger partial charge in [-0.05, 0) is 35.6 Å². The average molecular weight is 494 g/mol. The van der Waals surface area contributed by atoms with Crippen molar-refractivity contribution in [3.8, 4) is 0 Å². The van der Waals surface area contributed by atoms with E-state index in [1.807, 2.05) is 21.9 Å². The van der Waals surface area contributed by atoms with E-state index in [1.54, 1.807) is 23.6 Å². The molecule has 2 aromatic heterocycles. The summed E-state index contributed by atoms with van der Waals surface area (Å²) in [6, 6.07) is 6.12. The monoisotopic (exact) mass is 493 g/mol. The third-order valence-electron chi connectivity index (χ3n) is 6.67. The van der Waals surface area contributed by atoms with Gasteiger partial charge < -0.3 is 14.5 Å². The third-order valence-corrected chi connectivity index (χ3v) is 7.54. The first kappa shape index (κ1) is 23.7. The van der Waals surface area contributed by atoms with Gasteiger partial charge >= 0.3 is 6.03 Å². The zero-order valence-corrected chi connectivity index (χ0v) is 20.6. The molecule has 3 aliphatic heterocycles. The summed E-state index contributed by atoms with van der Waals surface area (Å²) < 4.78 is 5.40. The molecule has 1 N–H and O–H groups in total. The molecule has 9 heteroatoms. The summed E-state index contributed by atoms with van der Waals surface area (Å²) in [5.74, 6) is 0.607. The quantitative estimate of drug-likeness (QED) is 0.473. The van der Waals surface area contributed by atoms with Gasteiger partial charge in [-0.3, -0.25) is 15.0 Å². The van der Waals surface area contributed by atoms with Crippen molar-refractivity contribution in [1.29, 1.82) is 0 Å². The fourth-order valence-corrected chi connectivity index (χ4v) is 5.32.